The molecule has 0 radical (unpaired) electrons. The van der Waals surface area contributed by atoms with E-state index in [4.69, 9.17) is 5.73 Å². The molecule has 102 valence electrons. The molecule has 2 N–H and O–H groups in total. The quantitative estimate of drug-likeness (QED) is 0.846. The number of rotatable bonds is 5. The van der Waals surface area contributed by atoms with Crippen molar-refractivity contribution in [1.29, 1.82) is 0 Å². The lowest BCUT2D eigenvalue weighted by Gasteiger charge is -2.31. The number of hydrogen-bond acceptors (Lipinski definition) is 3. The number of halogens is 1. The number of carbonyl (C=O) groups is 2. The number of primary amides is 1. The van der Waals surface area contributed by atoms with Crippen LogP contribution >= 0.6 is 15.9 Å². The van der Waals surface area contributed by atoms with E-state index in [2.05, 4.69) is 15.9 Å². The first-order valence-electron chi connectivity index (χ1n) is 6.41. The molecule has 0 saturated heterocycles. The van der Waals surface area contributed by atoms with Crippen molar-refractivity contribution in [3.63, 3.8) is 0 Å². The third-order valence-corrected chi connectivity index (χ3v) is 4.14. The normalized spacial score (nSPS) is 15.4. The van der Waals surface area contributed by atoms with E-state index in [1.54, 1.807) is 12.1 Å². The van der Waals surface area contributed by atoms with Crippen molar-refractivity contribution in [3.05, 3.63) is 28.2 Å². The Bertz CT molecular complexity index is 484. The Labute approximate surface area is 121 Å². The lowest BCUT2D eigenvalue weighted by atomic mass is 10.1. The van der Waals surface area contributed by atoms with Crippen molar-refractivity contribution in [2.45, 2.75) is 31.7 Å². The van der Waals surface area contributed by atoms with Crippen LogP contribution < -0.4 is 10.6 Å². The summed E-state index contributed by atoms with van der Waals surface area (Å²) in [6.07, 6.45) is 5.33. The molecule has 1 aliphatic carbocycles. The standard InChI is InChI=1S/C14H17BrN2O2/c15-12-7-10(9-18)5-6-13(12)17(8-14(16)19)11-3-1-2-4-11/h5-7,9,11H,1-4,8H2,(H2,16,19). The van der Waals surface area contributed by atoms with Gasteiger partial charge in [-0.3, -0.25) is 9.59 Å². The molecule has 0 aromatic heterocycles. The minimum Gasteiger partial charge on any atom is -0.368 e. The molecule has 1 aromatic rings. The largest absolute Gasteiger partial charge is 0.368 e. The minimum absolute atomic E-state index is 0.212. The molecular weight excluding hydrogens is 308 g/mol. The number of aldehydes is 1. The Balaban J connectivity index is 2.31. The number of benzene rings is 1. The van der Waals surface area contributed by atoms with Crippen LogP contribution in [0.1, 0.15) is 36.0 Å². The highest BCUT2D eigenvalue weighted by atomic mass is 79.9. The fourth-order valence-electron chi connectivity index (χ4n) is 2.62. The zero-order valence-corrected chi connectivity index (χ0v) is 12.2. The predicted octanol–water partition coefficient (Wildman–Crippen LogP) is 2.50. The van der Waals surface area contributed by atoms with Gasteiger partial charge in [-0.15, -0.1) is 0 Å². The van der Waals surface area contributed by atoms with Crippen LogP contribution in [0.4, 0.5) is 5.69 Å². The van der Waals surface area contributed by atoms with E-state index in [1.807, 2.05) is 11.0 Å². The summed E-state index contributed by atoms with van der Waals surface area (Å²) < 4.78 is 0.824. The maximum absolute atomic E-state index is 11.3. The zero-order valence-electron chi connectivity index (χ0n) is 10.6. The van der Waals surface area contributed by atoms with Crippen LogP contribution in [0.15, 0.2) is 22.7 Å². The van der Waals surface area contributed by atoms with E-state index < -0.39 is 0 Å². The van der Waals surface area contributed by atoms with Gasteiger partial charge >= 0.3 is 0 Å². The predicted molar refractivity (Wildman–Crippen MR) is 78.3 cm³/mol. The van der Waals surface area contributed by atoms with Crippen LogP contribution in [0, 0.1) is 0 Å². The fourth-order valence-corrected chi connectivity index (χ4v) is 3.25. The van der Waals surface area contributed by atoms with Crippen molar-refractivity contribution in [2.75, 3.05) is 11.4 Å². The average molecular weight is 325 g/mol. The van der Waals surface area contributed by atoms with Gasteiger partial charge in [0.05, 0.1) is 12.2 Å². The third-order valence-electron chi connectivity index (χ3n) is 3.51. The van der Waals surface area contributed by atoms with Gasteiger partial charge in [-0.1, -0.05) is 12.8 Å². The molecule has 0 unspecified atom stereocenters. The topological polar surface area (TPSA) is 63.4 Å². The molecule has 1 aliphatic rings. The molecule has 5 heteroatoms. The van der Waals surface area contributed by atoms with Crippen LogP contribution in [0.5, 0.6) is 0 Å². The van der Waals surface area contributed by atoms with Crippen LogP contribution in [-0.4, -0.2) is 24.8 Å². The molecule has 0 spiro atoms. The van der Waals surface area contributed by atoms with Gasteiger partial charge in [-0.25, -0.2) is 0 Å². The van der Waals surface area contributed by atoms with Gasteiger partial charge in [-0.05, 0) is 47.0 Å². The van der Waals surface area contributed by atoms with Gasteiger partial charge < -0.3 is 10.6 Å². The molecule has 0 aliphatic heterocycles. The SMILES string of the molecule is NC(=O)CN(c1ccc(C=O)cc1Br)C1CCCC1. The average Bonchev–Trinajstić information content (AvgIpc) is 2.89. The Hall–Kier alpha value is -1.36. The van der Waals surface area contributed by atoms with Gasteiger partial charge in [0.1, 0.15) is 6.29 Å². The molecule has 2 rings (SSSR count). The number of nitrogens with zero attached hydrogens (tertiary/aromatic N) is 1. The molecule has 1 aromatic carbocycles. The van der Waals surface area contributed by atoms with Gasteiger partial charge in [0, 0.05) is 16.1 Å². The smallest absolute Gasteiger partial charge is 0.236 e. The van der Waals surface area contributed by atoms with E-state index in [9.17, 15) is 9.59 Å². The molecule has 1 saturated carbocycles. The zero-order chi connectivity index (χ0) is 13.8. The highest BCUT2D eigenvalue weighted by Gasteiger charge is 2.25. The summed E-state index contributed by atoms with van der Waals surface area (Å²) in [5, 5.41) is 0. The van der Waals surface area contributed by atoms with Crippen molar-refractivity contribution < 1.29 is 9.59 Å². The number of carbonyl (C=O) groups excluding carboxylic acids is 2. The molecule has 0 heterocycles. The van der Waals surface area contributed by atoms with Crippen molar-refractivity contribution in [1.82, 2.24) is 0 Å². The van der Waals surface area contributed by atoms with Crippen LogP contribution in [0.2, 0.25) is 0 Å². The van der Waals surface area contributed by atoms with E-state index >= 15 is 0 Å². The highest BCUT2D eigenvalue weighted by Crippen LogP contribution is 2.33. The number of amides is 1. The van der Waals surface area contributed by atoms with Crippen LogP contribution in [-0.2, 0) is 4.79 Å². The fraction of sp³-hybridized carbons (Fsp3) is 0.429. The first kappa shape index (κ1) is 14.1. The molecule has 0 bridgehead atoms. The van der Waals surface area contributed by atoms with E-state index in [0.717, 1.165) is 29.3 Å². The van der Waals surface area contributed by atoms with Gasteiger partial charge in [0.2, 0.25) is 5.91 Å². The Morgan fingerprint density at radius 2 is 2.11 bits per heavy atom. The number of hydrogen-bond donors (Lipinski definition) is 1. The van der Waals surface area contributed by atoms with E-state index in [1.165, 1.54) is 12.8 Å². The second-order valence-electron chi connectivity index (χ2n) is 4.86. The van der Waals surface area contributed by atoms with E-state index in [-0.39, 0.29) is 12.5 Å². The van der Waals surface area contributed by atoms with Gasteiger partial charge in [0.25, 0.3) is 0 Å². The summed E-state index contributed by atoms with van der Waals surface area (Å²) >= 11 is 3.47. The first-order chi connectivity index (χ1) is 9.11. The second kappa shape index (κ2) is 6.19. The molecule has 0 atom stereocenters. The Morgan fingerprint density at radius 1 is 1.42 bits per heavy atom. The molecule has 1 fully saturated rings. The highest BCUT2D eigenvalue weighted by molar-refractivity contribution is 9.10. The van der Waals surface area contributed by atoms with Gasteiger partial charge in [-0.2, -0.15) is 0 Å². The summed E-state index contributed by atoms with van der Waals surface area (Å²) in [5.41, 5.74) is 6.89. The van der Waals surface area contributed by atoms with Crippen molar-refractivity contribution >= 4 is 33.8 Å². The number of nitrogens with two attached hydrogens (primary N) is 1. The van der Waals surface area contributed by atoms with Crippen molar-refractivity contribution in [2.24, 2.45) is 5.73 Å². The molecule has 1 amide bonds. The molecule has 19 heavy (non-hydrogen) atoms. The summed E-state index contributed by atoms with van der Waals surface area (Å²) in [6.45, 7) is 0.212. The monoisotopic (exact) mass is 324 g/mol. The third kappa shape index (κ3) is 3.35. The van der Waals surface area contributed by atoms with Crippen molar-refractivity contribution in [3.8, 4) is 0 Å². The summed E-state index contributed by atoms with van der Waals surface area (Å²) in [6, 6.07) is 5.75. The second-order valence-corrected chi connectivity index (χ2v) is 5.72. The van der Waals surface area contributed by atoms with E-state index in [0.29, 0.717) is 11.6 Å². The Morgan fingerprint density at radius 3 is 2.63 bits per heavy atom. The lowest BCUT2D eigenvalue weighted by Crippen LogP contribution is -2.40. The minimum atomic E-state index is -0.335. The first-order valence-corrected chi connectivity index (χ1v) is 7.21. The summed E-state index contributed by atoms with van der Waals surface area (Å²) in [5.74, 6) is -0.335. The molecule has 4 nitrogen and oxygen atoms in total. The summed E-state index contributed by atoms with van der Waals surface area (Å²) in [7, 11) is 0. The molecular formula is C14H17BrN2O2. The number of anilines is 1. The maximum Gasteiger partial charge on any atom is 0.236 e. The maximum atomic E-state index is 11.3. The van der Waals surface area contributed by atoms with Crippen LogP contribution in [0.3, 0.4) is 0 Å². The Kier molecular flexibility index (Phi) is 4.58. The van der Waals surface area contributed by atoms with Gasteiger partial charge in [0.15, 0.2) is 0 Å². The summed E-state index contributed by atoms with van der Waals surface area (Å²) in [4.78, 5) is 24.1. The van der Waals surface area contributed by atoms with Crippen LogP contribution in [0.25, 0.3) is 0 Å². The lowest BCUT2D eigenvalue weighted by molar-refractivity contribution is -0.116.